The highest BCUT2D eigenvalue weighted by Gasteiger charge is 2.06. The van der Waals surface area contributed by atoms with Gasteiger partial charge in [0.1, 0.15) is 17.3 Å². The fraction of sp³-hybridized carbons (Fsp3) is 0. The zero-order chi connectivity index (χ0) is 19.2. The first kappa shape index (κ1) is 18.7. The second kappa shape index (κ2) is 8.53. The van der Waals surface area contributed by atoms with Crippen LogP contribution in [0.5, 0.6) is 5.75 Å². The molecule has 1 aromatic heterocycles. The standard InChI is InChI=1S/C20H15ClN2O3S/c21-14-7-5-13(6-8-14)18-11-9-15(26-18)10-12-19(25)23-20(27)22-16-3-1-2-4-17(16)24/h1-12,24H,(H2,22,23,25,27). The van der Waals surface area contributed by atoms with Crippen LogP contribution in [0.3, 0.4) is 0 Å². The van der Waals surface area contributed by atoms with Gasteiger partial charge >= 0.3 is 0 Å². The van der Waals surface area contributed by atoms with E-state index in [0.29, 0.717) is 22.2 Å². The molecule has 1 heterocycles. The maximum Gasteiger partial charge on any atom is 0.250 e. The van der Waals surface area contributed by atoms with Crippen molar-refractivity contribution in [2.75, 3.05) is 5.32 Å². The number of phenols is 1. The largest absolute Gasteiger partial charge is 0.506 e. The highest BCUT2D eigenvalue weighted by Crippen LogP contribution is 2.24. The fourth-order valence-electron chi connectivity index (χ4n) is 2.26. The van der Waals surface area contributed by atoms with Gasteiger partial charge in [0.05, 0.1) is 5.69 Å². The summed E-state index contributed by atoms with van der Waals surface area (Å²) < 4.78 is 5.68. The molecular weight excluding hydrogens is 384 g/mol. The molecule has 0 aliphatic heterocycles. The van der Waals surface area contributed by atoms with Crippen LogP contribution in [0.25, 0.3) is 17.4 Å². The first-order valence-electron chi connectivity index (χ1n) is 7.95. The number of hydrogen-bond donors (Lipinski definition) is 3. The number of para-hydroxylation sites is 2. The Bertz CT molecular complexity index is 996. The van der Waals surface area contributed by atoms with Gasteiger partial charge in [-0.2, -0.15) is 0 Å². The lowest BCUT2D eigenvalue weighted by Gasteiger charge is -2.09. The van der Waals surface area contributed by atoms with Crippen LogP contribution in [0.2, 0.25) is 5.02 Å². The van der Waals surface area contributed by atoms with E-state index in [0.717, 1.165) is 5.56 Å². The van der Waals surface area contributed by atoms with E-state index < -0.39 is 5.91 Å². The molecule has 0 bridgehead atoms. The van der Waals surface area contributed by atoms with Crippen molar-refractivity contribution in [1.82, 2.24) is 5.32 Å². The maximum absolute atomic E-state index is 12.0. The van der Waals surface area contributed by atoms with Crippen molar-refractivity contribution in [1.29, 1.82) is 0 Å². The Hall–Kier alpha value is -3.09. The zero-order valence-corrected chi connectivity index (χ0v) is 15.6. The number of amides is 1. The van der Waals surface area contributed by atoms with E-state index in [2.05, 4.69) is 10.6 Å². The number of halogens is 1. The Morgan fingerprint density at radius 1 is 1.07 bits per heavy atom. The number of thiocarbonyl (C=S) groups is 1. The number of benzene rings is 2. The molecule has 0 fully saturated rings. The van der Waals surface area contributed by atoms with Crippen molar-refractivity contribution in [3.05, 3.63) is 77.5 Å². The van der Waals surface area contributed by atoms with Gasteiger partial charge in [0, 0.05) is 16.7 Å². The summed E-state index contributed by atoms with van der Waals surface area (Å²) in [6.07, 6.45) is 2.85. The average molecular weight is 399 g/mol. The Morgan fingerprint density at radius 3 is 2.56 bits per heavy atom. The van der Waals surface area contributed by atoms with Crippen molar-refractivity contribution in [2.24, 2.45) is 0 Å². The third kappa shape index (κ3) is 5.20. The first-order valence-corrected chi connectivity index (χ1v) is 8.74. The molecule has 136 valence electrons. The van der Waals surface area contributed by atoms with Crippen LogP contribution in [0.15, 0.2) is 71.2 Å². The van der Waals surface area contributed by atoms with E-state index in [9.17, 15) is 9.90 Å². The highest BCUT2D eigenvalue weighted by atomic mass is 35.5. The molecule has 0 atom stereocenters. The van der Waals surface area contributed by atoms with Gasteiger partial charge in [-0.3, -0.25) is 10.1 Å². The summed E-state index contributed by atoms with van der Waals surface area (Å²) in [6, 6.07) is 17.4. The minimum absolute atomic E-state index is 0.0370. The Kier molecular flexibility index (Phi) is 5.90. The molecule has 0 saturated carbocycles. The van der Waals surface area contributed by atoms with E-state index in [1.165, 1.54) is 18.2 Å². The summed E-state index contributed by atoms with van der Waals surface area (Å²) in [5, 5.41) is 15.7. The highest BCUT2D eigenvalue weighted by molar-refractivity contribution is 7.80. The predicted molar refractivity (Wildman–Crippen MR) is 111 cm³/mol. The van der Waals surface area contributed by atoms with Crippen LogP contribution in [-0.2, 0) is 4.79 Å². The smallest absolute Gasteiger partial charge is 0.250 e. The summed E-state index contributed by atoms with van der Waals surface area (Å²) in [5.41, 5.74) is 1.29. The molecule has 0 spiro atoms. The average Bonchev–Trinajstić information content (AvgIpc) is 3.11. The molecule has 0 unspecified atom stereocenters. The maximum atomic E-state index is 12.0. The van der Waals surface area contributed by atoms with E-state index in [1.807, 2.05) is 18.2 Å². The van der Waals surface area contributed by atoms with Crippen LogP contribution in [0.4, 0.5) is 5.69 Å². The third-order valence-electron chi connectivity index (χ3n) is 3.54. The quantitative estimate of drug-likeness (QED) is 0.333. The van der Waals surface area contributed by atoms with Gasteiger partial charge in [-0.15, -0.1) is 0 Å². The normalized spacial score (nSPS) is 10.7. The van der Waals surface area contributed by atoms with Gasteiger partial charge in [0.2, 0.25) is 5.91 Å². The minimum atomic E-state index is -0.424. The number of anilines is 1. The first-order chi connectivity index (χ1) is 13.0. The molecule has 3 rings (SSSR count). The lowest BCUT2D eigenvalue weighted by atomic mass is 10.2. The zero-order valence-electron chi connectivity index (χ0n) is 14.0. The second-order valence-electron chi connectivity index (χ2n) is 5.50. The molecular formula is C20H15ClN2O3S. The van der Waals surface area contributed by atoms with Crippen molar-refractivity contribution in [2.45, 2.75) is 0 Å². The number of carbonyl (C=O) groups excluding carboxylic acids is 1. The number of rotatable bonds is 4. The van der Waals surface area contributed by atoms with Crippen LogP contribution >= 0.6 is 23.8 Å². The molecule has 2 aromatic carbocycles. The number of aromatic hydroxyl groups is 1. The molecule has 3 N–H and O–H groups in total. The Morgan fingerprint density at radius 2 is 1.81 bits per heavy atom. The van der Waals surface area contributed by atoms with Gasteiger partial charge in [-0.25, -0.2) is 0 Å². The predicted octanol–water partition coefficient (Wildman–Crippen LogP) is 4.83. The monoisotopic (exact) mass is 398 g/mol. The Balaban J connectivity index is 1.58. The van der Waals surface area contributed by atoms with Gasteiger partial charge < -0.3 is 14.8 Å². The van der Waals surface area contributed by atoms with Crippen LogP contribution < -0.4 is 10.6 Å². The molecule has 0 saturated heterocycles. The van der Waals surface area contributed by atoms with E-state index in [1.54, 1.807) is 36.4 Å². The summed E-state index contributed by atoms with van der Waals surface area (Å²) >= 11 is 10.9. The summed E-state index contributed by atoms with van der Waals surface area (Å²) in [6.45, 7) is 0. The van der Waals surface area contributed by atoms with Crippen molar-refractivity contribution < 1.29 is 14.3 Å². The van der Waals surface area contributed by atoms with Gasteiger partial charge in [-0.1, -0.05) is 23.7 Å². The molecule has 0 aliphatic carbocycles. The SMILES string of the molecule is O=C(C=Cc1ccc(-c2ccc(Cl)cc2)o1)NC(=S)Nc1ccccc1O. The molecule has 1 amide bonds. The number of phenolic OH excluding ortho intramolecular Hbond substituents is 1. The van der Waals surface area contributed by atoms with Gasteiger partial charge in [-0.05, 0) is 66.8 Å². The van der Waals surface area contributed by atoms with Crippen molar-refractivity contribution in [3.63, 3.8) is 0 Å². The van der Waals surface area contributed by atoms with E-state index in [4.69, 9.17) is 28.2 Å². The van der Waals surface area contributed by atoms with Crippen LogP contribution in [0.1, 0.15) is 5.76 Å². The lowest BCUT2D eigenvalue weighted by Crippen LogP contribution is -2.32. The molecule has 0 radical (unpaired) electrons. The number of furan rings is 1. The van der Waals surface area contributed by atoms with Gasteiger partial charge in [0.25, 0.3) is 0 Å². The molecule has 7 heteroatoms. The minimum Gasteiger partial charge on any atom is -0.506 e. The van der Waals surface area contributed by atoms with E-state index >= 15 is 0 Å². The molecule has 0 aliphatic rings. The molecule has 3 aromatic rings. The van der Waals surface area contributed by atoms with Crippen LogP contribution in [0, 0.1) is 0 Å². The van der Waals surface area contributed by atoms with E-state index in [-0.39, 0.29) is 10.9 Å². The summed E-state index contributed by atoms with van der Waals surface area (Å²) in [4.78, 5) is 12.0. The second-order valence-corrected chi connectivity index (χ2v) is 6.35. The summed E-state index contributed by atoms with van der Waals surface area (Å²) in [5.74, 6) is 0.806. The van der Waals surface area contributed by atoms with Crippen molar-refractivity contribution in [3.8, 4) is 17.1 Å². The number of hydrogen-bond acceptors (Lipinski definition) is 4. The number of nitrogens with one attached hydrogen (secondary N) is 2. The third-order valence-corrected chi connectivity index (χ3v) is 4.00. The Labute approximate surface area is 166 Å². The summed E-state index contributed by atoms with van der Waals surface area (Å²) in [7, 11) is 0. The van der Waals surface area contributed by atoms with Crippen molar-refractivity contribution >= 4 is 46.6 Å². The molecule has 27 heavy (non-hydrogen) atoms. The number of carbonyl (C=O) groups is 1. The topological polar surface area (TPSA) is 74.5 Å². The molecule has 5 nitrogen and oxygen atoms in total. The van der Waals surface area contributed by atoms with Crippen LogP contribution in [-0.4, -0.2) is 16.1 Å². The fourth-order valence-corrected chi connectivity index (χ4v) is 2.59. The van der Waals surface area contributed by atoms with Gasteiger partial charge in [0.15, 0.2) is 5.11 Å². The lowest BCUT2D eigenvalue weighted by molar-refractivity contribution is -0.115.